The fourth-order valence-electron chi connectivity index (χ4n) is 2.47. The molecule has 0 fully saturated rings. The van der Waals surface area contributed by atoms with Crippen molar-refractivity contribution in [1.82, 2.24) is 5.32 Å². The Morgan fingerprint density at radius 1 is 1.07 bits per heavy atom. The molecule has 2 aromatic carbocycles. The van der Waals surface area contributed by atoms with Crippen LogP contribution in [0.4, 0.5) is 5.69 Å². The molecular weight excluding hydrogens is 424 g/mol. The smallest absolute Gasteiger partial charge is 0.259 e. The number of carbonyl (C=O) groups excluding carboxylic acids is 2. The summed E-state index contributed by atoms with van der Waals surface area (Å²) in [6, 6.07) is 12.1. The molecule has 0 aliphatic rings. The predicted molar refractivity (Wildman–Crippen MR) is 113 cm³/mol. The van der Waals surface area contributed by atoms with Crippen molar-refractivity contribution in [3.63, 3.8) is 0 Å². The van der Waals surface area contributed by atoms with Crippen LogP contribution in [0.25, 0.3) is 0 Å². The van der Waals surface area contributed by atoms with Crippen LogP contribution in [0.15, 0.2) is 46.9 Å². The highest BCUT2D eigenvalue weighted by molar-refractivity contribution is 9.10. The molecule has 150 valence electrons. The zero-order valence-corrected chi connectivity index (χ0v) is 17.7. The Hall–Kier alpha value is -2.38. The topological polar surface area (TPSA) is 76.7 Å². The number of anilines is 1. The van der Waals surface area contributed by atoms with E-state index in [2.05, 4.69) is 26.6 Å². The molecule has 2 aromatic rings. The van der Waals surface area contributed by atoms with Gasteiger partial charge in [0.1, 0.15) is 5.75 Å². The van der Waals surface area contributed by atoms with Crippen molar-refractivity contribution in [2.75, 3.05) is 32.2 Å². The van der Waals surface area contributed by atoms with Gasteiger partial charge in [-0.15, -0.1) is 0 Å². The lowest BCUT2D eigenvalue weighted by atomic mass is 10.1. The van der Waals surface area contributed by atoms with Crippen molar-refractivity contribution in [2.24, 2.45) is 0 Å². The van der Waals surface area contributed by atoms with Crippen LogP contribution in [0.1, 0.15) is 40.5 Å². The van der Waals surface area contributed by atoms with E-state index >= 15 is 0 Å². The van der Waals surface area contributed by atoms with Gasteiger partial charge in [-0.05, 0) is 49.2 Å². The number of ether oxygens (including phenoxy) is 2. The van der Waals surface area contributed by atoms with Crippen LogP contribution in [-0.4, -0.2) is 38.7 Å². The van der Waals surface area contributed by atoms with Crippen LogP contribution < -0.4 is 15.4 Å². The molecule has 0 spiro atoms. The van der Waals surface area contributed by atoms with Gasteiger partial charge in [0.05, 0.1) is 12.2 Å². The second kappa shape index (κ2) is 11.5. The number of hydrogen-bond acceptors (Lipinski definition) is 4. The Kier molecular flexibility index (Phi) is 8.97. The Balaban J connectivity index is 2.08. The maximum Gasteiger partial charge on any atom is 0.259 e. The van der Waals surface area contributed by atoms with Crippen LogP contribution in [-0.2, 0) is 4.74 Å². The third kappa shape index (κ3) is 6.65. The minimum absolute atomic E-state index is 0.193. The van der Waals surface area contributed by atoms with E-state index in [0.717, 1.165) is 17.3 Å². The van der Waals surface area contributed by atoms with Crippen molar-refractivity contribution in [1.29, 1.82) is 0 Å². The Morgan fingerprint density at radius 2 is 1.89 bits per heavy atom. The average Bonchev–Trinajstić information content (AvgIpc) is 2.70. The minimum Gasteiger partial charge on any atom is -0.493 e. The third-order valence-electron chi connectivity index (χ3n) is 3.84. The SMILES string of the molecule is CCCOc1ccc(Br)cc1C(=O)Nc1cccc(C(=O)NCCCOC)c1. The molecule has 0 atom stereocenters. The molecule has 0 unspecified atom stereocenters. The molecule has 6 nitrogen and oxygen atoms in total. The number of benzene rings is 2. The number of hydrogen-bond donors (Lipinski definition) is 2. The largest absolute Gasteiger partial charge is 0.493 e. The summed E-state index contributed by atoms with van der Waals surface area (Å²) < 4.78 is 11.4. The Bertz CT molecular complexity index is 811. The monoisotopic (exact) mass is 448 g/mol. The first kappa shape index (κ1) is 21.9. The van der Waals surface area contributed by atoms with Crippen molar-refractivity contribution < 1.29 is 19.1 Å². The Morgan fingerprint density at radius 3 is 2.64 bits per heavy atom. The second-order valence-electron chi connectivity index (χ2n) is 6.13. The van der Waals surface area contributed by atoms with Gasteiger partial charge >= 0.3 is 0 Å². The first-order chi connectivity index (χ1) is 13.5. The summed E-state index contributed by atoms with van der Waals surface area (Å²) in [5.74, 6) is 0.0290. The molecule has 7 heteroatoms. The highest BCUT2D eigenvalue weighted by Gasteiger charge is 2.14. The highest BCUT2D eigenvalue weighted by Crippen LogP contribution is 2.25. The molecular formula is C21H25BrN2O4. The van der Waals surface area contributed by atoms with Gasteiger partial charge in [-0.2, -0.15) is 0 Å². The van der Waals surface area contributed by atoms with Crippen molar-refractivity contribution in [3.05, 3.63) is 58.1 Å². The first-order valence-electron chi connectivity index (χ1n) is 9.16. The summed E-state index contributed by atoms with van der Waals surface area (Å²) in [5.41, 5.74) is 1.44. The number of halogens is 1. The molecule has 0 saturated heterocycles. The zero-order valence-electron chi connectivity index (χ0n) is 16.1. The lowest BCUT2D eigenvalue weighted by Gasteiger charge is -2.12. The van der Waals surface area contributed by atoms with E-state index in [4.69, 9.17) is 9.47 Å². The summed E-state index contributed by atoms with van der Waals surface area (Å²) in [6.07, 6.45) is 1.58. The van der Waals surface area contributed by atoms with Gasteiger partial charge in [-0.1, -0.05) is 28.9 Å². The number of methoxy groups -OCH3 is 1. The van der Waals surface area contributed by atoms with Crippen LogP contribution >= 0.6 is 15.9 Å². The van der Waals surface area contributed by atoms with E-state index in [1.54, 1.807) is 43.5 Å². The van der Waals surface area contributed by atoms with Gasteiger partial charge in [0, 0.05) is 36.0 Å². The van der Waals surface area contributed by atoms with E-state index in [-0.39, 0.29) is 11.8 Å². The Labute approximate surface area is 173 Å². The van der Waals surface area contributed by atoms with Crippen molar-refractivity contribution >= 4 is 33.4 Å². The van der Waals surface area contributed by atoms with Gasteiger partial charge in [0.15, 0.2) is 0 Å². The van der Waals surface area contributed by atoms with E-state index in [1.807, 2.05) is 13.0 Å². The molecule has 28 heavy (non-hydrogen) atoms. The van der Waals surface area contributed by atoms with Crippen LogP contribution in [0, 0.1) is 0 Å². The lowest BCUT2D eigenvalue weighted by molar-refractivity contribution is 0.0947. The summed E-state index contributed by atoms with van der Waals surface area (Å²) >= 11 is 3.39. The molecule has 0 saturated carbocycles. The predicted octanol–water partition coefficient (Wildman–Crippen LogP) is 4.26. The van der Waals surface area contributed by atoms with E-state index in [1.165, 1.54) is 0 Å². The van der Waals surface area contributed by atoms with Gasteiger partial charge in [-0.3, -0.25) is 9.59 Å². The van der Waals surface area contributed by atoms with Crippen molar-refractivity contribution in [3.8, 4) is 5.75 Å². The summed E-state index contributed by atoms with van der Waals surface area (Å²) in [7, 11) is 1.62. The lowest BCUT2D eigenvalue weighted by Crippen LogP contribution is -2.25. The highest BCUT2D eigenvalue weighted by atomic mass is 79.9. The molecule has 0 aliphatic heterocycles. The number of nitrogens with one attached hydrogen (secondary N) is 2. The van der Waals surface area contributed by atoms with E-state index < -0.39 is 0 Å². The first-order valence-corrected chi connectivity index (χ1v) is 9.95. The molecule has 0 aliphatic carbocycles. The maximum absolute atomic E-state index is 12.7. The van der Waals surface area contributed by atoms with Gasteiger partial charge in [0.25, 0.3) is 11.8 Å². The number of carbonyl (C=O) groups is 2. The van der Waals surface area contributed by atoms with E-state index in [9.17, 15) is 9.59 Å². The standard InChI is InChI=1S/C21H25BrN2O4/c1-3-11-28-19-9-8-16(22)14-18(19)21(26)24-17-7-4-6-15(13-17)20(25)23-10-5-12-27-2/h4,6-9,13-14H,3,5,10-12H2,1-2H3,(H,23,25)(H,24,26). The summed E-state index contributed by atoms with van der Waals surface area (Å²) in [5, 5.41) is 5.66. The second-order valence-corrected chi connectivity index (χ2v) is 7.04. The molecule has 0 bridgehead atoms. The fourth-order valence-corrected chi connectivity index (χ4v) is 2.84. The molecule has 2 rings (SSSR count). The van der Waals surface area contributed by atoms with E-state index in [0.29, 0.717) is 42.3 Å². The third-order valence-corrected chi connectivity index (χ3v) is 4.33. The summed E-state index contributed by atoms with van der Waals surface area (Å²) in [4.78, 5) is 25.0. The molecule has 2 amide bonds. The number of rotatable bonds is 10. The molecule has 2 N–H and O–H groups in total. The zero-order chi connectivity index (χ0) is 20.4. The fraction of sp³-hybridized carbons (Fsp3) is 0.333. The van der Waals surface area contributed by atoms with Crippen LogP contribution in [0.3, 0.4) is 0 Å². The van der Waals surface area contributed by atoms with Gasteiger partial charge < -0.3 is 20.1 Å². The molecule has 0 aromatic heterocycles. The van der Waals surface area contributed by atoms with Crippen molar-refractivity contribution in [2.45, 2.75) is 19.8 Å². The molecule has 0 radical (unpaired) electrons. The van der Waals surface area contributed by atoms with Crippen LogP contribution in [0.5, 0.6) is 5.75 Å². The number of amides is 2. The quantitative estimate of drug-likeness (QED) is 0.532. The molecule has 0 heterocycles. The summed E-state index contributed by atoms with van der Waals surface area (Å²) in [6.45, 7) is 3.65. The maximum atomic E-state index is 12.7. The average molecular weight is 449 g/mol. The van der Waals surface area contributed by atoms with Gasteiger partial charge in [0.2, 0.25) is 0 Å². The van der Waals surface area contributed by atoms with Gasteiger partial charge in [-0.25, -0.2) is 0 Å². The normalized spacial score (nSPS) is 10.4. The minimum atomic E-state index is -0.301. The van der Waals surface area contributed by atoms with Crippen LogP contribution in [0.2, 0.25) is 0 Å².